The highest BCUT2D eigenvalue weighted by molar-refractivity contribution is 6.08. The molecule has 0 bridgehead atoms. The number of nitrogens with zero attached hydrogens (tertiary/aromatic N) is 2. The van der Waals surface area contributed by atoms with Crippen molar-refractivity contribution in [2.75, 3.05) is 13.7 Å². The summed E-state index contributed by atoms with van der Waals surface area (Å²) in [5.74, 6) is 0.886. The number of methoxy groups -OCH3 is 1. The van der Waals surface area contributed by atoms with E-state index in [1.54, 1.807) is 7.11 Å². The van der Waals surface area contributed by atoms with E-state index < -0.39 is 0 Å². The van der Waals surface area contributed by atoms with Crippen LogP contribution in [0.5, 0.6) is 5.75 Å². The smallest absolute Gasteiger partial charge is 0.256 e. The molecule has 4 rings (SSSR count). The Kier molecular flexibility index (Phi) is 4.19. The standard InChI is InChI=1S/C22H24N2O2/c1-15-21(19-13-18(26-3)10-11-20(19)23(15)2)22(25)24-12-6-9-16-7-4-5-8-17(16)14-24/h4-5,7-8,10-11,13H,6,9,12,14H2,1-3H3. The number of hydrogen-bond donors (Lipinski definition) is 0. The summed E-state index contributed by atoms with van der Waals surface area (Å²) in [5, 5.41) is 0.965. The van der Waals surface area contributed by atoms with E-state index in [9.17, 15) is 4.79 Å². The fourth-order valence-electron chi connectivity index (χ4n) is 3.98. The summed E-state index contributed by atoms with van der Waals surface area (Å²) in [6.07, 6.45) is 2.03. The zero-order chi connectivity index (χ0) is 18.3. The van der Waals surface area contributed by atoms with Crippen LogP contribution in [0, 0.1) is 6.92 Å². The Morgan fingerprint density at radius 2 is 1.88 bits per heavy atom. The van der Waals surface area contributed by atoms with E-state index >= 15 is 0 Å². The highest BCUT2D eigenvalue weighted by atomic mass is 16.5. The van der Waals surface area contributed by atoms with E-state index in [4.69, 9.17) is 4.74 Å². The van der Waals surface area contributed by atoms with Gasteiger partial charge in [-0.2, -0.15) is 0 Å². The summed E-state index contributed by atoms with van der Waals surface area (Å²) >= 11 is 0. The molecule has 0 aliphatic carbocycles. The summed E-state index contributed by atoms with van der Waals surface area (Å²) in [5.41, 5.74) is 5.46. The molecule has 0 atom stereocenters. The fourth-order valence-corrected chi connectivity index (χ4v) is 3.98. The van der Waals surface area contributed by atoms with Crippen LogP contribution in [0.2, 0.25) is 0 Å². The Bertz CT molecular complexity index is 987. The van der Waals surface area contributed by atoms with Crippen molar-refractivity contribution in [1.29, 1.82) is 0 Å². The third kappa shape index (κ3) is 2.66. The maximum Gasteiger partial charge on any atom is 0.256 e. The molecule has 4 heteroatoms. The highest BCUT2D eigenvalue weighted by Gasteiger charge is 2.25. The Balaban J connectivity index is 1.78. The van der Waals surface area contributed by atoms with Gasteiger partial charge in [0.25, 0.3) is 5.91 Å². The van der Waals surface area contributed by atoms with Crippen molar-refractivity contribution >= 4 is 16.8 Å². The molecule has 0 unspecified atom stereocenters. The van der Waals surface area contributed by atoms with Gasteiger partial charge in [-0.3, -0.25) is 4.79 Å². The topological polar surface area (TPSA) is 34.5 Å². The second kappa shape index (κ2) is 6.52. The number of carbonyl (C=O) groups excluding carboxylic acids is 1. The lowest BCUT2D eigenvalue weighted by Crippen LogP contribution is -2.31. The molecule has 0 saturated heterocycles. The summed E-state index contributed by atoms with van der Waals surface area (Å²) < 4.78 is 7.48. The van der Waals surface area contributed by atoms with Crippen LogP contribution < -0.4 is 4.74 Å². The first-order valence-electron chi connectivity index (χ1n) is 9.09. The van der Waals surface area contributed by atoms with Gasteiger partial charge in [-0.05, 0) is 49.1 Å². The van der Waals surface area contributed by atoms with Gasteiger partial charge in [0.1, 0.15) is 5.75 Å². The van der Waals surface area contributed by atoms with Gasteiger partial charge in [-0.25, -0.2) is 0 Å². The maximum atomic E-state index is 13.5. The van der Waals surface area contributed by atoms with E-state index in [2.05, 4.69) is 28.8 Å². The average molecular weight is 348 g/mol. The lowest BCUT2D eigenvalue weighted by atomic mass is 10.0. The van der Waals surface area contributed by atoms with Crippen molar-refractivity contribution in [2.24, 2.45) is 7.05 Å². The molecule has 0 saturated carbocycles. The number of rotatable bonds is 2. The minimum atomic E-state index is 0.109. The first-order valence-corrected chi connectivity index (χ1v) is 9.09. The zero-order valence-corrected chi connectivity index (χ0v) is 15.6. The van der Waals surface area contributed by atoms with Crippen molar-refractivity contribution in [2.45, 2.75) is 26.3 Å². The number of fused-ring (bicyclic) bond motifs is 2. The second-order valence-corrected chi connectivity index (χ2v) is 7.00. The van der Waals surface area contributed by atoms with Gasteiger partial charge in [0.05, 0.1) is 12.7 Å². The van der Waals surface area contributed by atoms with Crippen LogP contribution in [0.15, 0.2) is 42.5 Å². The average Bonchev–Trinajstić information content (AvgIpc) is 2.81. The number of amides is 1. The van der Waals surface area contributed by atoms with Crippen LogP contribution in [0.25, 0.3) is 10.9 Å². The molecule has 0 spiro atoms. The third-order valence-corrected chi connectivity index (χ3v) is 5.55. The van der Waals surface area contributed by atoms with Crippen LogP contribution in [-0.4, -0.2) is 29.0 Å². The second-order valence-electron chi connectivity index (χ2n) is 7.00. The molecule has 3 aromatic rings. The van der Waals surface area contributed by atoms with Gasteiger partial charge in [0.15, 0.2) is 0 Å². The highest BCUT2D eigenvalue weighted by Crippen LogP contribution is 2.30. The molecule has 0 radical (unpaired) electrons. The van der Waals surface area contributed by atoms with Crippen LogP contribution in [0.4, 0.5) is 0 Å². The molecule has 1 aliphatic heterocycles. The van der Waals surface area contributed by atoms with E-state index in [0.717, 1.165) is 47.3 Å². The van der Waals surface area contributed by atoms with Crippen molar-refractivity contribution in [3.8, 4) is 5.75 Å². The molecule has 2 heterocycles. The molecule has 1 aromatic heterocycles. The number of benzene rings is 2. The lowest BCUT2D eigenvalue weighted by Gasteiger charge is -2.21. The Hall–Kier alpha value is -2.75. The first kappa shape index (κ1) is 16.7. The molecule has 134 valence electrons. The number of ether oxygens (including phenoxy) is 1. The Morgan fingerprint density at radius 3 is 2.65 bits per heavy atom. The maximum absolute atomic E-state index is 13.5. The number of aryl methyl sites for hydroxylation is 2. The number of carbonyl (C=O) groups is 1. The minimum absolute atomic E-state index is 0.109. The lowest BCUT2D eigenvalue weighted by molar-refractivity contribution is 0.0747. The summed E-state index contributed by atoms with van der Waals surface area (Å²) in [6, 6.07) is 14.4. The van der Waals surface area contributed by atoms with Crippen molar-refractivity contribution in [3.05, 3.63) is 64.8 Å². The summed E-state index contributed by atoms with van der Waals surface area (Å²) in [7, 11) is 3.67. The third-order valence-electron chi connectivity index (χ3n) is 5.55. The Labute approximate surface area is 154 Å². The number of aromatic nitrogens is 1. The SMILES string of the molecule is COc1ccc2c(c1)c(C(=O)N1CCCc3ccccc3C1)c(C)n2C. The molecule has 2 aromatic carbocycles. The molecule has 4 nitrogen and oxygen atoms in total. The predicted octanol–water partition coefficient (Wildman–Crippen LogP) is 4.08. The van der Waals surface area contributed by atoms with Gasteiger partial charge in [-0.1, -0.05) is 24.3 Å². The first-order chi connectivity index (χ1) is 12.6. The van der Waals surface area contributed by atoms with Gasteiger partial charge in [0.2, 0.25) is 0 Å². The van der Waals surface area contributed by atoms with Crippen molar-refractivity contribution in [1.82, 2.24) is 9.47 Å². The Morgan fingerprint density at radius 1 is 1.12 bits per heavy atom. The van der Waals surface area contributed by atoms with Crippen LogP contribution in [0.3, 0.4) is 0 Å². The molecule has 1 aliphatic rings. The molecule has 26 heavy (non-hydrogen) atoms. The normalized spacial score (nSPS) is 14.2. The van der Waals surface area contributed by atoms with Gasteiger partial charge < -0.3 is 14.2 Å². The van der Waals surface area contributed by atoms with Gasteiger partial charge >= 0.3 is 0 Å². The molecule has 1 amide bonds. The van der Waals surface area contributed by atoms with Gasteiger partial charge in [0, 0.05) is 36.7 Å². The minimum Gasteiger partial charge on any atom is -0.497 e. The summed E-state index contributed by atoms with van der Waals surface area (Å²) in [4.78, 5) is 15.5. The van der Waals surface area contributed by atoms with Crippen LogP contribution in [-0.2, 0) is 20.0 Å². The molecule has 0 fully saturated rings. The van der Waals surface area contributed by atoms with Crippen LogP contribution in [0.1, 0.15) is 33.6 Å². The van der Waals surface area contributed by atoms with E-state index in [-0.39, 0.29) is 5.91 Å². The monoisotopic (exact) mass is 348 g/mol. The van der Waals surface area contributed by atoms with E-state index in [0.29, 0.717) is 6.54 Å². The van der Waals surface area contributed by atoms with E-state index in [1.165, 1.54) is 11.1 Å². The number of hydrogen-bond acceptors (Lipinski definition) is 2. The largest absolute Gasteiger partial charge is 0.497 e. The van der Waals surface area contributed by atoms with Crippen molar-refractivity contribution in [3.63, 3.8) is 0 Å². The van der Waals surface area contributed by atoms with Crippen molar-refractivity contribution < 1.29 is 9.53 Å². The fraction of sp³-hybridized carbons (Fsp3) is 0.318. The predicted molar refractivity (Wildman–Crippen MR) is 104 cm³/mol. The quantitative estimate of drug-likeness (QED) is 0.699. The summed E-state index contributed by atoms with van der Waals surface area (Å²) in [6.45, 7) is 3.48. The molecule has 0 N–H and O–H groups in total. The van der Waals surface area contributed by atoms with Gasteiger partial charge in [-0.15, -0.1) is 0 Å². The molecular formula is C22H24N2O2. The molecular weight excluding hydrogens is 324 g/mol. The zero-order valence-electron chi connectivity index (χ0n) is 15.6. The van der Waals surface area contributed by atoms with Crippen LogP contribution >= 0.6 is 0 Å². The van der Waals surface area contributed by atoms with E-state index in [1.807, 2.05) is 37.1 Å².